The lowest BCUT2D eigenvalue weighted by atomic mass is 10.1. The number of aromatic nitrogens is 1. The van der Waals surface area contributed by atoms with Gasteiger partial charge in [0.1, 0.15) is 17.0 Å². The maximum atomic E-state index is 11.8. The first-order valence-corrected chi connectivity index (χ1v) is 11.5. The summed E-state index contributed by atoms with van der Waals surface area (Å²) in [6.45, 7) is 2.13. The lowest BCUT2D eigenvalue weighted by molar-refractivity contribution is 0.0526. The summed E-state index contributed by atoms with van der Waals surface area (Å²) < 4.78 is 17.8. The molecular weight excluding hydrogens is 496 g/mol. The first-order chi connectivity index (χ1) is 16.6. The number of nitrogens with zero attached hydrogens (tertiary/aromatic N) is 2. The van der Waals surface area contributed by atoms with E-state index in [1.165, 1.54) is 0 Å². The van der Waals surface area contributed by atoms with Crippen LogP contribution in [0.3, 0.4) is 0 Å². The molecule has 3 aromatic carbocycles. The predicted molar refractivity (Wildman–Crippen MR) is 134 cm³/mol. The van der Waals surface area contributed by atoms with Crippen LogP contribution in [0.15, 0.2) is 97.2 Å². The van der Waals surface area contributed by atoms with E-state index in [1.807, 2.05) is 66.7 Å². The molecule has 0 saturated heterocycles. The summed E-state index contributed by atoms with van der Waals surface area (Å²) >= 11 is 3.47. The highest BCUT2D eigenvalue weighted by Crippen LogP contribution is 2.29. The van der Waals surface area contributed by atoms with Crippen LogP contribution in [0.2, 0.25) is 0 Å². The van der Waals surface area contributed by atoms with E-state index < -0.39 is 0 Å². The number of aliphatic imine (C=N–C) groups is 1. The van der Waals surface area contributed by atoms with E-state index in [-0.39, 0.29) is 5.97 Å². The number of carbonyl (C=O) groups excluding carboxylic acids is 1. The minimum atomic E-state index is -0.339. The summed E-state index contributed by atoms with van der Waals surface area (Å²) in [5.74, 6) is 1.51. The molecule has 0 fully saturated rings. The molecule has 5 rings (SSSR count). The van der Waals surface area contributed by atoms with Crippen LogP contribution in [0.1, 0.15) is 23.0 Å². The highest BCUT2D eigenvalue weighted by Gasteiger charge is 2.10. The lowest BCUT2D eigenvalue weighted by Crippen LogP contribution is -2.03. The van der Waals surface area contributed by atoms with Gasteiger partial charge >= 0.3 is 5.97 Å². The molecule has 0 radical (unpaired) electrons. The van der Waals surface area contributed by atoms with Gasteiger partial charge in [0.25, 0.3) is 0 Å². The van der Waals surface area contributed by atoms with Gasteiger partial charge in [-0.1, -0.05) is 34.1 Å². The van der Waals surface area contributed by atoms with Gasteiger partial charge in [0.05, 0.1) is 24.1 Å². The maximum Gasteiger partial charge on any atom is 0.338 e. The molecule has 0 spiro atoms. The second kappa shape index (κ2) is 9.49. The van der Waals surface area contributed by atoms with Gasteiger partial charge in [-0.25, -0.2) is 9.78 Å². The molecule has 0 unspecified atom stereocenters. The number of rotatable bonds is 6. The first-order valence-electron chi connectivity index (χ1n) is 10.7. The van der Waals surface area contributed by atoms with Crippen LogP contribution in [0.4, 0.5) is 5.69 Å². The summed E-state index contributed by atoms with van der Waals surface area (Å²) in [6.07, 6.45) is 1.66. The molecule has 0 atom stereocenters. The Balaban J connectivity index is 1.32. The van der Waals surface area contributed by atoms with Crippen molar-refractivity contribution < 1.29 is 18.4 Å². The molecule has 0 aliphatic carbocycles. The van der Waals surface area contributed by atoms with E-state index in [0.29, 0.717) is 35.2 Å². The molecule has 0 aliphatic heterocycles. The average molecular weight is 515 g/mol. The summed E-state index contributed by atoms with van der Waals surface area (Å²) in [7, 11) is 0. The molecule has 0 bridgehead atoms. The number of hydrogen-bond donors (Lipinski definition) is 0. The molecular formula is C27H19BrN2O4. The fraction of sp³-hybridized carbons (Fsp3) is 0.0741. The summed E-state index contributed by atoms with van der Waals surface area (Å²) in [5, 5.41) is 0. The van der Waals surface area contributed by atoms with Gasteiger partial charge in [-0.05, 0) is 67.6 Å². The van der Waals surface area contributed by atoms with Crippen molar-refractivity contribution in [1.29, 1.82) is 0 Å². The topological polar surface area (TPSA) is 77.8 Å². The summed E-state index contributed by atoms with van der Waals surface area (Å²) in [5.41, 5.74) is 4.42. The quantitative estimate of drug-likeness (QED) is 0.173. The van der Waals surface area contributed by atoms with Crippen LogP contribution >= 0.6 is 15.9 Å². The average Bonchev–Trinajstić information content (AvgIpc) is 3.50. The van der Waals surface area contributed by atoms with Crippen molar-refractivity contribution in [3.8, 4) is 22.8 Å². The van der Waals surface area contributed by atoms with Gasteiger partial charge in [-0.2, -0.15) is 0 Å². The van der Waals surface area contributed by atoms with Crippen LogP contribution in [0.25, 0.3) is 33.9 Å². The highest BCUT2D eigenvalue weighted by atomic mass is 79.9. The largest absolute Gasteiger partial charge is 0.462 e. The third kappa shape index (κ3) is 4.70. The molecule has 7 heteroatoms. The molecule has 0 aliphatic rings. The van der Waals surface area contributed by atoms with E-state index >= 15 is 0 Å². The second-order valence-electron chi connectivity index (χ2n) is 7.44. The Morgan fingerprint density at radius 2 is 1.85 bits per heavy atom. The molecule has 0 amide bonds. The Labute approximate surface area is 204 Å². The highest BCUT2D eigenvalue weighted by molar-refractivity contribution is 9.10. The second-order valence-corrected chi connectivity index (χ2v) is 8.36. The molecule has 2 heterocycles. The third-order valence-corrected chi connectivity index (χ3v) is 5.58. The number of hydrogen-bond acceptors (Lipinski definition) is 6. The maximum absolute atomic E-state index is 11.8. The van der Waals surface area contributed by atoms with E-state index in [9.17, 15) is 4.79 Å². The van der Waals surface area contributed by atoms with Gasteiger partial charge in [0.2, 0.25) is 5.89 Å². The minimum Gasteiger partial charge on any atom is -0.462 e. The Morgan fingerprint density at radius 3 is 2.65 bits per heavy atom. The number of esters is 1. The van der Waals surface area contributed by atoms with E-state index in [0.717, 1.165) is 26.8 Å². The van der Waals surface area contributed by atoms with Crippen LogP contribution in [0, 0.1) is 0 Å². The van der Waals surface area contributed by atoms with E-state index in [2.05, 4.69) is 25.9 Å². The SMILES string of the molecule is CCOC(=O)c1ccc(-c2ccc(C=Nc3ccc4oc(-c5cccc(Br)c5)nc4c3)o2)cc1. The van der Waals surface area contributed by atoms with Crippen LogP contribution < -0.4 is 0 Å². The van der Waals surface area contributed by atoms with Crippen molar-refractivity contribution in [3.05, 3.63) is 94.7 Å². The zero-order valence-electron chi connectivity index (χ0n) is 18.2. The Kier molecular flexibility index (Phi) is 6.10. The van der Waals surface area contributed by atoms with E-state index in [1.54, 1.807) is 25.3 Å². The number of ether oxygens (including phenoxy) is 1. The van der Waals surface area contributed by atoms with Crippen molar-refractivity contribution in [1.82, 2.24) is 4.98 Å². The number of furan rings is 1. The summed E-state index contributed by atoms with van der Waals surface area (Å²) in [4.78, 5) is 20.9. The van der Waals surface area contributed by atoms with Gasteiger partial charge in [0.15, 0.2) is 5.58 Å². The zero-order valence-corrected chi connectivity index (χ0v) is 19.8. The molecule has 0 N–H and O–H groups in total. The first kappa shape index (κ1) is 21.9. The van der Waals surface area contributed by atoms with Gasteiger partial charge in [0, 0.05) is 15.6 Å². The van der Waals surface area contributed by atoms with Crippen LogP contribution in [-0.4, -0.2) is 23.8 Å². The Bertz CT molecular complexity index is 1500. The van der Waals surface area contributed by atoms with Crippen molar-refractivity contribution >= 4 is 44.9 Å². The Hall–Kier alpha value is -3.97. The smallest absolute Gasteiger partial charge is 0.338 e. The number of halogens is 1. The molecule has 5 aromatic rings. The lowest BCUT2D eigenvalue weighted by Gasteiger charge is -2.02. The zero-order chi connectivity index (χ0) is 23.5. The van der Waals surface area contributed by atoms with Crippen LogP contribution in [0.5, 0.6) is 0 Å². The molecule has 34 heavy (non-hydrogen) atoms. The molecule has 168 valence electrons. The normalized spacial score (nSPS) is 11.4. The van der Waals surface area contributed by atoms with Crippen LogP contribution in [-0.2, 0) is 4.74 Å². The van der Waals surface area contributed by atoms with Gasteiger partial charge < -0.3 is 13.6 Å². The number of carbonyl (C=O) groups is 1. The number of benzene rings is 3. The summed E-state index contributed by atoms with van der Waals surface area (Å²) in [6, 6.07) is 24.2. The third-order valence-electron chi connectivity index (χ3n) is 5.09. The van der Waals surface area contributed by atoms with Crippen molar-refractivity contribution in [2.75, 3.05) is 6.61 Å². The van der Waals surface area contributed by atoms with Crippen molar-refractivity contribution in [2.45, 2.75) is 6.92 Å². The predicted octanol–water partition coefficient (Wildman–Crippen LogP) is 7.44. The van der Waals surface area contributed by atoms with Crippen molar-refractivity contribution in [2.24, 2.45) is 4.99 Å². The molecule has 2 aromatic heterocycles. The number of oxazole rings is 1. The fourth-order valence-corrected chi connectivity index (χ4v) is 3.84. The molecule has 0 saturated carbocycles. The van der Waals surface area contributed by atoms with Gasteiger partial charge in [-0.3, -0.25) is 4.99 Å². The van der Waals surface area contributed by atoms with Gasteiger partial charge in [-0.15, -0.1) is 0 Å². The number of fused-ring (bicyclic) bond motifs is 1. The molecule has 6 nitrogen and oxygen atoms in total. The fourth-order valence-electron chi connectivity index (χ4n) is 3.44. The Morgan fingerprint density at radius 1 is 1.00 bits per heavy atom. The minimum absolute atomic E-state index is 0.339. The van der Waals surface area contributed by atoms with E-state index in [4.69, 9.17) is 13.6 Å². The monoisotopic (exact) mass is 514 g/mol. The van der Waals surface area contributed by atoms with Crippen molar-refractivity contribution in [3.63, 3.8) is 0 Å². The standard InChI is InChI=1S/C27H19BrN2O4/c1-2-32-27(31)18-8-6-17(7-9-18)24-13-11-22(33-24)16-29-21-10-12-25-23(15-21)30-26(34-25)19-4-3-5-20(28)14-19/h3-16H,2H2,1H3.